The Kier molecular flexibility index (Phi) is 4.18. The number of hydrogen-bond acceptors (Lipinski definition) is 2. The molecule has 2 atom stereocenters. The van der Waals surface area contributed by atoms with Crippen molar-refractivity contribution >= 4 is 6.09 Å². The molecule has 2 fully saturated rings. The number of rotatable bonds is 3. The molecule has 2 unspecified atom stereocenters. The zero-order chi connectivity index (χ0) is 18.4. The summed E-state index contributed by atoms with van der Waals surface area (Å²) < 4.78 is 5.92. The van der Waals surface area contributed by atoms with Gasteiger partial charge in [-0.1, -0.05) is 61.9 Å². The van der Waals surface area contributed by atoms with Crippen molar-refractivity contribution in [2.24, 2.45) is 5.92 Å². The topological polar surface area (TPSA) is 29.5 Å². The van der Waals surface area contributed by atoms with Crippen molar-refractivity contribution in [3.8, 4) is 11.1 Å². The molecular formula is C24H27NO2. The predicted octanol–water partition coefficient (Wildman–Crippen LogP) is 5.59. The zero-order valence-corrected chi connectivity index (χ0v) is 15.9. The lowest BCUT2D eigenvalue weighted by atomic mass is 9.89. The van der Waals surface area contributed by atoms with Gasteiger partial charge in [0.05, 0.1) is 0 Å². The van der Waals surface area contributed by atoms with Crippen molar-refractivity contribution in [3.05, 3.63) is 59.7 Å². The first-order chi connectivity index (χ1) is 13.3. The maximum atomic E-state index is 12.9. The lowest BCUT2D eigenvalue weighted by molar-refractivity contribution is 0.0554. The van der Waals surface area contributed by atoms with E-state index in [9.17, 15) is 4.79 Å². The van der Waals surface area contributed by atoms with Gasteiger partial charge in [-0.3, -0.25) is 0 Å². The summed E-state index contributed by atoms with van der Waals surface area (Å²) in [6.45, 7) is 2.70. The van der Waals surface area contributed by atoms with Gasteiger partial charge in [0.1, 0.15) is 6.61 Å². The number of nitrogens with zero attached hydrogens (tertiary/aromatic N) is 1. The van der Waals surface area contributed by atoms with Crippen LogP contribution in [0.2, 0.25) is 0 Å². The van der Waals surface area contributed by atoms with E-state index in [1.54, 1.807) is 0 Å². The summed E-state index contributed by atoms with van der Waals surface area (Å²) in [5, 5.41) is 0. The van der Waals surface area contributed by atoms with Crippen molar-refractivity contribution in [1.29, 1.82) is 0 Å². The number of carbonyl (C=O) groups is 1. The van der Waals surface area contributed by atoms with Crippen LogP contribution in [0.4, 0.5) is 4.79 Å². The van der Waals surface area contributed by atoms with Crippen LogP contribution in [-0.2, 0) is 4.74 Å². The molecule has 1 amide bonds. The van der Waals surface area contributed by atoms with E-state index in [2.05, 4.69) is 60.4 Å². The molecule has 0 saturated carbocycles. The molecule has 0 spiro atoms. The Morgan fingerprint density at radius 1 is 0.963 bits per heavy atom. The summed E-state index contributed by atoms with van der Waals surface area (Å²) in [4.78, 5) is 15.0. The predicted molar refractivity (Wildman–Crippen MR) is 107 cm³/mol. The summed E-state index contributed by atoms with van der Waals surface area (Å²) in [6.07, 6.45) is 5.72. The highest BCUT2D eigenvalue weighted by Crippen LogP contribution is 2.45. The Morgan fingerprint density at radius 3 is 2.07 bits per heavy atom. The smallest absolute Gasteiger partial charge is 0.410 e. The summed E-state index contributed by atoms with van der Waals surface area (Å²) >= 11 is 0. The molecule has 140 valence electrons. The van der Waals surface area contributed by atoms with E-state index in [4.69, 9.17) is 4.74 Å². The molecule has 3 aliphatic rings. The van der Waals surface area contributed by atoms with Crippen LogP contribution in [-0.4, -0.2) is 29.7 Å². The first kappa shape index (κ1) is 16.9. The second-order valence-corrected chi connectivity index (χ2v) is 8.34. The fourth-order valence-corrected chi connectivity index (χ4v) is 5.59. The average molecular weight is 361 g/mol. The number of hydrogen-bond donors (Lipinski definition) is 0. The third-order valence-corrected chi connectivity index (χ3v) is 6.95. The summed E-state index contributed by atoms with van der Waals surface area (Å²) in [7, 11) is 0. The maximum absolute atomic E-state index is 12.9. The molecule has 5 rings (SSSR count). The fourth-order valence-electron chi connectivity index (χ4n) is 5.59. The summed E-state index contributed by atoms with van der Waals surface area (Å²) in [5.41, 5.74) is 5.11. The molecule has 27 heavy (non-hydrogen) atoms. The lowest BCUT2D eigenvalue weighted by Gasteiger charge is -2.38. The van der Waals surface area contributed by atoms with Crippen LogP contribution in [0.3, 0.4) is 0 Å². The van der Waals surface area contributed by atoms with Crippen molar-refractivity contribution in [3.63, 3.8) is 0 Å². The van der Waals surface area contributed by atoms with Crippen molar-refractivity contribution in [2.45, 2.75) is 57.0 Å². The highest BCUT2D eigenvalue weighted by molar-refractivity contribution is 5.79. The molecule has 2 saturated heterocycles. The molecule has 0 N–H and O–H groups in total. The van der Waals surface area contributed by atoms with Crippen LogP contribution in [0, 0.1) is 5.92 Å². The highest BCUT2D eigenvalue weighted by Gasteiger charge is 2.43. The van der Waals surface area contributed by atoms with E-state index in [-0.39, 0.29) is 12.0 Å². The van der Waals surface area contributed by atoms with Crippen LogP contribution < -0.4 is 0 Å². The van der Waals surface area contributed by atoms with Gasteiger partial charge in [-0.2, -0.15) is 0 Å². The Balaban J connectivity index is 1.33. The Hall–Kier alpha value is -2.29. The number of benzene rings is 2. The van der Waals surface area contributed by atoms with Gasteiger partial charge in [0.2, 0.25) is 0 Å². The maximum Gasteiger partial charge on any atom is 0.410 e. The van der Waals surface area contributed by atoms with E-state index >= 15 is 0 Å². The molecule has 3 heteroatoms. The normalized spacial score (nSPS) is 26.0. The third kappa shape index (κ3) is 2.75. The van der Waals surface area contributed by atoms with Gasteiger partial charge in [0, 0.05) is 18.0 Å². The number of fused-ring (bicyclic) bond motifs is 5. The van der Waals surface area contributed by atoms with Crippen LogP contribution >= 0.6 is 0 Å². The van der Waals surface area contributed by atoms with Gasteiger partial charge >= 0.3 is 6.09 Å². The van der Waals surface area contributed by atoms with Crippen molar-refractivity contribution in [1.82, 2.24) is 4.90 Å². The van der Waals surface area contributed by atoms with Gasteiger partial charge < -0.3 is 9.64 Å². The van der Waals surface area contributed by atoms with E-state index < -0.39 is 0 Å². The van der Waals surface area contributed by atoms with Gasteiger partial charge in [0.15, 0.2) is 0 Å². The van der Waals surface area contributed by atoms with E-state index in [1.807, 2.05) is 0 Å². The van der Waals surface area contributed by atoms with Gasteiger partial charge in [-0.15, -0.1) is 0 Å². The Morgan fingerprint density at radius 2 is 1.52 bits per heavy atom. The lowest BCUT2D eigenvalue weighted by Crippen LogP contribution is -2.47. The molecule has 0 aromatic heterocycles. The average Bonchev–Trinajstić information content (AvgIpc) is 3.17. The zero-order valence-electron chi connectivity index (χ0n) is 15.9. The number of amides is 1. The Labute approximate surface area is 161 Å². The molecular weight excluding hydrogens is 334 g/mol. The molecule has 2 aliphatic heterocycles. The largest absolute Gasteiger partial charge is 0.448 e. The van der Waals surface area contributed by atoms with E-state index in [0.717, 1.165) is 31.6 Å². The number of ether oxygens (including phenoxy) is 1. The quantitative estimate of drug-likeness (QED) is 0.713. The van der Waals surface area contributed by atoms with Crippen molar-refractivity contribution < 1.29 is 9.53 Å². The van der Waals surface area contributed by atoms with Crippen LogP contribution in [0.1, 0.15) is 56.1 Å². The van der Waals surface area contributed by atoms with E-state index in [1.165, 1.54) is 28.7 Å². The molecule has 3 nitrogen and oxygen atoms in total. The fraction of sp³-hybridized carbons (Fsp3) is 0.458. The van der Waals surface area contributed by atoms with E-state index in [0.29, 0.717) is 18.7 Å². The molecule has 2 heterocycles. The molecule has 0 radical (unpaired) electrons. The van der Waals surface area contributed by atoms with Gasteiger partial charge in [-0.05, 0) is 53.9 Å². The number of piperidine rings is 1. The minimum atomic E-state index is -0.0982. The molecule has 2 bridgehead atoms. The molecule has 1 aliphatic carbocycles. The minimum Gasteiger partial charge on any atom is -0.448 e. The van der Waals surface area contributed by atoms with Crippen LogP contribution in [0.25, 0.3) is 11.1 Å². The Bertz CT molecular complexity index is 801. The molecule has 2 aromatic rings. The SMILES string of the molecule is CCC1CC2CCC(C1)N2C(=O)OCC1c2ccccc2-c2ccccc21. The van der Waals surface area contributed by atoms with Gasteiger partial charge in [0.25, 0.3) is 0 Å². The van der Waals surface area contributed by atoms with Gasteiger partial charge in [-0.25, -0.2) is 4.79 Å². The minimum absolute atomic E-state index is 0.0982. The highest BCUT2D eigenvalue weighted by atomic mass is 16.6. The molecule has 2 aromatic carbocycles. The monoisotopic (exact) mass is 361 g/mol. The third-order valence-electron chi connectivity index (χ3n) is 6.95. The second-order valence-electron chi connectivity index (χ2n) is 8.34. The number of carbonyl (C=O) groups excluding carboxylic acids is 1. The van der Waals surface area contributed by atoms with Crippen LogP contribution in [0.5, 0.6) is 0 Å². The first-order valence-electron chi connectivity index (χ1n) is 10.4. The summed E-state index contributed by atoms with van der Waals surface area (Å²) in [6, 6.07) is 17.8. The second kappa shape index (κ2) is 6.70. The first-order valence-corrected chi connectivity index (χ1v) is 10.4. The summed E-state index contributed by atoms with van der Waals surface area (Å²) in [5.74, 6) is 0.923. The standard InChI is InChI=1S/C24H27NO2/c1-2-16-13-17-11-12-18(14-16)25(17)24(26)27-15-23-21-9-5-3-7-19(21)20-8-4-6-10-22(20)23/h3-10,16-18,23H,2,11-15H2,1H3. The van der Waals surface area contributed by atoms with Crippen LogP contribution in [0.15, 0.2) is 48.5 Å². The van der Waals surface area contributed by atoms with Crippen molar-refractivity contribution in [2.75, 3.05) is 6.61 Å².